The molecular formula is C28H31ClFN3O4S. The van der Waals surface area contributed by atoms with E-state index in [0.717, 1.165) is 28.6 Å². The van der Waals surface area contributed by atoms with E-state index in [9.17, 15) is 22.4 Å². The van der Waals surface area contributed by atoms with Gasteiger partial charge in [-0.3, -0.25) is 13.9 Å². The van der Waals surface area contributed by atoms with Crippen LogP contribution in [0.3, 0.4) is 0 Å². The zero-order valence-corrected chi connectivity index (χ0v) is 23.0. The molecular weight excluding hydrogens is 529 g/mol. The van der Waals surface area contributed by atoms with Crippen molar-refractivity contribution in [3.63, 3.8) is 0 Å². The van der Waals surface area contributed by atoms with E-state index in [1.54, 1.807) is 61.5 Å². The van der Waals surface area contributed by atoms with Gasteiger partial charge in [0, 0.05) is 17.6 Å². The standard InChI is InChI=1S/C28H31ClFN3O4S/c1-4-20(2)31-28(35)21(3)32(18-22-9-8-10-23(29)17-22)27(34)19-33(25-11-6-5-7-12-25)38(36,37)26-15-13-24(30)14-16-26/h5-17,20-21H,4,18-19H2,1-3H3,(H,31,35). The van der Waals surface area contributed by atoms with E-state index in [4.69, 9.17) is 11.6 Å². The number of rotatable bonds is 11. The molecule has 0 saturated heterocycles. The van der Waals surface area contributed by atoms with Crippen molar-refractivity contribution in [2.24, 2.45) is 0 Å². The molecule has 2 atom stereocenters. The second kappa shape index (κ2) is 12.9. The average molecular weight is 560 g/mol. The normalized spacial score (nSPS) is 12.9. The highest BCUT2D eigenvalue weighted by Gasteiger charge is 2.32. The van der Waals surface area contributed by atoms with Crippen molar-refractivity contribution in [3.05, 3.63) is 95.3 Å². The molecule has 0 spiro atoms. The van der Waals surface area contributed by atoms with Crippen molar-refractivity contribution in [1.82, 2.24) is 10.2 Å². The number of para-hydroxylation sites is 1. The summed E-state index contributed by atoms with van der Waals surface area (Å²) in [5.41, 5.74) is 0.936. The SMILES string of the molecule is CCC(C)NC(=O)C(C)N(Cc1cccc(Cl)c1)C(=O)CN(c1ccccc1)S(=O)(=O)c1ccc(F)cc1. The molecule has 0 aliphatic heterocycles. The molecule has 38 heavy (non-hydrogen) atoms. The molecule has 0 aliphatic carbocycles. The fraction of sp³-hybridized carbons (Fsp3) is 0.286. The van der Waals surface area contributed by atoms with Crippen molar-refractivity contribution in [3.8, 4) is 0 Å². The van der Waals surface area contributed by atoms with Gasteiger partial charge in [-0.25, -0.2) is 12.8 Å². The van der Waals surface area contributed by atoms with Gasteiger partial charge in [0.15, 0.2) is 0 Å². The van der Waals surface area contributed by atoms with E-state index < -0.39 is 34.3 Å². The largest absolute Gasteiger partial charge is 0.352 e. The highest BCUT2D eigenvalue weighted by atomic mass is 35.5. The lowest BCUT2D eigenvalue weighted by Crippen LogP contribution is -2.52. The minimum Gasteiger partial charge on any atom is -0.352 e. The van der Waals surface area contributed by atoms with E-state index in [-0.39, 0.29) is 29.1 Å². The summed E-state index contributed by atoms with van der Waals surface area (Å²) in [4.78, 5) is 28.0. The molecule has 0 fully saturated rings. The van der Waals surface area contributed by atoms with E-state index >= 15 is 0 Å². The number of benzene rings is 3. The second-order valence-corrected chi connectivity index (χ2v) is 11.2. The molecule has 3 aromatic carbocycles. The zero-order chi connectivity index (χ0) is 27.9. The second-order valence-electron chi connectivity index (χ2n) is 8.95. The first-order valence-corrected chi connectivity index (χ1v) is 14.0. The number of nitrogens with zero attached hydrogens (tertiary/aromatic N) is 2. The van der Waals surface area contributed by atoms with Crippen LogP contribution < -0.4 is 9.62 Å². The van der Waals surface area contributed by atoms with Gasteiger partial charge in [0.2, 0.25) is 11.8 Å². The number of halogens is 2. The van der Waals surface area contributed by atoms with Gasteiger partial charge in [-0.1, -0.05) is 48.9 Å². The number of sulfonamides is 1. The van der Waals surface area contributed by atoms with Crippen molar-refractivity contribution >= 4 is 39.1 Å². The Morgan fingerprint density at radius 3 is 2.24 bits per heavy atom. The van der Waals surface area contributed by atoms with Crippen LogP contribution in [-0.2, 0) is 26.2 Å². The summed E-state index contributed by atoms with van der Waals surface area (Å²) in [5, 5.41) is 3.35. The molecule has 10 heteroatoms. The first kappa shape index (κ1) is 29.1. The highest BCUT2D eigenvalue weighted by Crippen LogP contribution is 2.25. The number of carbonyl (C=O) groups is 2. The van der Waals surface area contributed by atoms with Crippen molar-refractivity contribution in [2.75, 3.05) is 10.8 Å². The Labute approximate surface area is 228 Å². The summed E-state index contributed by atoms with van der Waals surface area (Å²) in [6, 6.07) is 18.4. The summed E-state index contributed by atoms with van der Waals surface area (Å²) in [5.74, 6) is -1.53. The Bertz CT molecular complexity index is 1350. The lowest BCUT2D eigenvalue weighted by molar-refractivity contribution is -0.139. The minimum atomic E-state index is -4.25. The summed E-state index contributed by atoms with van der Waals surface area (Å²) < 4.78 is 41.7. The quantitative estimate of drug-likeness (QED) is 0.358. The third kappa shape index (κ3) is 7.33. The molecule has 3 rings (SSSR count). The van der Waals surface area contributed by atoms with Crippen LogP contribution in [0.4, 0.5) is 10.1 Å². The summed E-state index contributed by atoms with van der Waals surface area (Å²) in [7, 11) is -4.25. The predicted octanol–water partition coefficient (Wildman–Crippen LogP) is 5.01. The fourth-order valence-corrected chi connectivity index (χ4v) is 5.36. The predicted molar refractivity (Wildman–Crippen MR) is 147 cm³/mol. The molecule has 0 aromatic heterocycles. The van der Waals surface area contributed by atoms with Gasteiger partial charge in [0.1, 0.15) is 18.4 Å². The molecule has 2 unspecified atom stereocenters. The molecule has 7 nitrogen and oxygen atoms in total. The van der Waals surface area contributed by atoms with Crippen LogP contribution in [0.1, 0.15) is 32.8 Å². The van der Waals surface area contributed by atoms with Crippen LogP contribution in [0.25, 0.3) is 0 Å². The van der Waals surface area contributed by atoms with Crippen molar-refractivity contribution in [1.29, 1.82) is 0 Å². The molecule has 0 saturated carbocycles. The lowest BCUT2D eigenvalue weighted by Gasteiger charge is -2.32. The number of amides is 2. The Balaban J connectivity index is 2.00. The van der Waals surface area contributed by atoms with E-state index in [0.29, 0.717) is 17.0 Å². The molecule has 202 valence electrons. The molecule has 1 N–H and O–H groups in total. The van der Waals surface area contributed by atoms with Crippen LogP contribution in [0.2, 0.25) is 5.02 Å². The van der Waals surface area contributed by atoms with Crippen LogP contribution in [0.5, 0.6) is 0 Å². The topological polar surface area (TPSA) is 86.8 Å². The zero-order valence-electron chi connectivity index (χ0n) is 21.5. The minimum absolute atomic E-state index is 0.0354. The number of nitrogens with one attached hydrogen (secondary N) is 1. The van der Waals surface area contributed by atoms with E-state index in [1.807, 2.05) is 13.8 Å². The fourth-order valence-electron chi connectivity index (χ4n) is 3.74. The van der Waals surface area contributed by atoms with Crippen molar-refractivity contribution in [2.45, 2.75) is 50.7 Å². The Hall–Kier alpha value is -3.43. The maximum Gasteiger partial charge on any atom is 0.264 e. The molecule has 0 aliphatic rings. The highest BCUT2D eigenvalue weighted by molar-refractivity contribution is 7.92. The Kier molecular flexibility index (Phi) is 9.88. The van der Waals surface area contributed by atoms with Gasteiger partial charge in [-0.15, -0.1) is 0 Å². The number of hydrogen-bond acceptors (Lipinski definition) is 4. The molecule has 3 aromatic rings. The molecule has 2 amide bonds. The van der Waals surface area contributed by atoms with Gasteiger partial charge < -0.3 is 10.2 Å². The van der Waals surface area contributed by atoms with Gasteiger partial charge in [-0.2, -0.15) is 0 Å². The maximum absolute atomic E-state index is 13.8. The molecule has 0 heterocycles. The van der Waals surface area contributed by atoms with E-state index in [2.05, 4.69) is 5.32 Å². The lowest BCUT2D eigenvalue weighted by atomic mass is 10.1. The van der Waals surface area contributed by atoms with Gasteiger partial charge in [-0.05, 0) is 74.4 Å². The number of hydrogen-bond donors (Lipinski definition) is 1. The first-order valence-electron chi connectivity index (χ1n) is 12.2. The van der Waals surface area contributed by atoms with Gasteiger partial charge in [0.25, 0.3) is 10.0 Å². The van der Waals surface area contributed by atoms with Crippen LogP contribution in [0, 0.1) is 5.82 Å². The third-order valence-electron chi connectivity index (χ3n) is 6.13. The van der Waals surface area contributed by atoms with Gasteiger partial charge in [0.05, 0.1) is 10.6 Å². The van der Waals surface area contributed by atoms with Crippen LogP contribution in [0.15, 0.2) is 83.8 Å². The summed E-state index contributed by atoms with van der Waals surface area (Å²) >= 11 is 6.14. The van der Waals surface area contributed by atoms with Crippen LogP contribution >= 0.6 is 11.6 Å². The third-order valence-corrected chi connectivity index (χ3v) is 8.16. The average Bonchev–Trinajstić information content (AvgIpc) is 2.90. The summed E-state index contributed by atoms with van der Waals surface area (Å²) in [6.07, 6.45) is 0.707. The smallest absolute Gasteiger partial charge is 0.264 e. The molecule has 0 radical (unpaired) electrons. The maximum atomic E-state index is 13.8. The van der Waals surface area contributed by atoms with Crippen molar-refractivity contribution < 1.29 is 22.4 Å². The Morgan fingerprint density at radius 2 is 1.63 bits per heavy atom. The summed E-state index contributed by atoms with van der Waals surface area (Å²) in [6.45, 7) is 4.85. The van der Waals surface area contributed by atoms with Crippen LogP contribution in [-0.4, -0.2) is 43.8 Å². The molecule has 0 bridgehead atoms. The van der Waals surface area contributed by atoms with E-state index in [1.165, 1.54) is 4.90 Å². The number of carbonyl (C=O) groups excluding carboxylic acids is 2. The monoisotopic (exact) mass is 559 g/mol. The van der Waals surface area contributed by atoms with Gasteiger partial charge >= 0.3 is 0 Å². The first-order chi connectivity index (χ1) is 18.0. The number of anilines is 1. The Morgan fingerprint density at radius 1 is 0.974 bits per heavy atom.